The highest BCUT2D eigenvalue weighted by molar-refractivity contribution is 7.99. The lowest BCUT2D eigenvalue weighted by Gasteiger charge is -2.17. The van der Waals surface area contributed by atoms with Gasteiger partial charge in [-0.1, -0.05) is 12.1 Å². The van der Waals surface area contributed by atoms with Crippen LogP contribution in [0.3, 0.4) is 0 Å². The Hall–Kier alpha value is -2.28. The highest BCUT2D eigenvalue weighted by Crippen LogP contribution is 2.28. The quantitative estimate of drug-likeness (QED) is 0.579. The van der Waals surface area contributed by atoms with Gasteiger partial charge in [-0.15, -0.1) is 0 Å². The maximum atomic E-state index is 13.2. The largest absolute Gasteiger partial charge is 0.439 e. The third-order valence-electron chi connectivity index (χ3n) is 4.56. The Morgan fingerprint density at radius 3 is 2.89 bits per heavy atom. The van der Waals surface area contributed by atoms with Crippen molar-refractivity contribution in [3.63, 3.8) is 0 Å². The number of pyridine rings is 1. The minimum absolute atomic E-state index is 0.335. The van der Waals surface area contributed by atoms with Gasteiger partial charge in [0.05, 0.1) is 0 Å². The van der Waals surface area contributed by atoms with Gasteiger partial charge in [-0.3, -0.25) is 4.99 Å². The molecule has 144 valence electrons. The molecule has 3 rings (SSSR count). The lowest BCUT2D eigenvalue weighted by atomic mass is 10.2. The summed E-state index contributed by atoms with van der Waals surface area (Å²) in [4.78, 5) is 8.59. The van der Waals surface area contributed by atoms with Crippen LogP contribution in [-0.2, 0) is 6.54 Å². The third kappa shape index (κ3) is 5.85. The Morgan fingerprint density at radius 1 is 1.33 bits per heavy atom. The van der Waals surface area contributed by atoms with Crippen LogP contribution in [0, 0.1) is 5.82 Å². The molecule has 0 aliphatic heterocycles. The number of hydrogen-bond donors (Lipinski definition) is 2. The van der Waals surface area contributed by atoms with Crippen molar-refractivity contribution in [2.24, 2.45) is 4.99 Å². The van der Waals surface area contributed by atoms with Gasteiger partial charge in [0.25, 0.3) is 0 Å². The van der Waals surface area contributed by atoms with E-state index in [1.54, 1.807) is 31.4 Å². The molecule has 2 atom stereocenters. The minimum Gasteiger partial charge on any atom is -0.439 e. The topological polar surface area (TPSA) is 58.5 Å². The molecule has 0 amide bonds. The first-order valence-corrected chi connectivity index (χ1v) is 10.3. The molecule has 1 saturated carbocycles. The first-order valence-electron chi connectivity index (χ1n) is 9.04. The number of hydrogen-bond acceptors (Lipinski definition) is 4. The molecule has 0 bridgehead atoms. The molecule has 1 heterocycles. The second kappa shape index (κ2) is 9.60. The first kappa shape index (κ1) is 19.5. The fourth-order valence-electron chi connectivity index (χ4n) is 3.09. The monoisotopic (exact) mass is 388 g/mol. The summed E-state index contributed by atoms with van der Waals surface area (Å²) < 4.78 is 18.8. The van der Waals surface area contributed by atoms with Crippen LogP contribution in [-0.4, -0.2) is 35.5 Å². The zero-order chi connectivity index (χ0) is 19.1. The second-order valence-corrected chi connectivity index (χ2v) is 7.64. The Morgan fingerprint density at radius 2 is 2.22 bits per heavy atom. The van der Waals surface area contributed by atoms with Crippen molar-refractivity contribution in [3.8, 4) is 11.6 Å². The number of aromatic nitrogens is 1. The summed E-state index contributed by atoms with van der Waals surface area (Å²) in [6.07, 6.45) is 7.53. The van der Waals surface area contributed by atoms with Crippen molar-refractivity contribution in [3.05, 3.63) is 54.0 Å². The fourth-order valence-corrected chi connectivity index (χ4v) is 3.88. The van der Waals surface area contributed by atoms with E-state index >= 15 is 0 Å². The summed E-state index contributed by atoms with van der Waals surface area (Å²) in [7, 11) is 1.78. The Bertz CT molecular complexity index is 769. The maximum Gasteiger partial charge on any atom is 0.219 e. The summed E-state index contributed by atoms with van der Waals surface area (Å²) in [6, 6.07) is 10.2. The van der Waals surface area contributed by atoms with E-state index in [0.29, 0.717) is 24.2 Å². The average Bonchev–Trinajstić information content (AvgIpc) is 3.14. The van der Waals surface area contributed by atoms with Crippen LogP contribution in [0.5, 0.6) is 11.6 Å². The van der Waals surface area contributed by atoms with Gasteiger partial charge in [-0.2, -0.15) is 11.8 Å². The molecule has 2 aromatic rings. The van der Waals surface area contributed by atoms with E-state index in [2.05, 4.69) is 26.9 Å². The van der Waals surface area contributed by atoms with Crippen LogP contribution in [0.1, 0.15) is 24.8 Å². The smallest absolute Gasteiger partial charge is 0.219 e. The summed E-state index contributed by atoms with van der Waals surface area (Å²) in [5, 5.41) is 7.56. The van der Waals surface area contributed by atoms with Gasteiger partial charge >= 0.3 is 0 Å². The predicted octanol–water partition coefficient (Wildman–Crippen LogP) is 3.96. The van der Waals surface area contributed by atoms with Gasteiger partial charge in [-0.05, 0) is 43.2 Å². The molecule has 0 spiro atoms. The lowest BCUT2D eigenvalue weighted by molar-refractivity contribution is 0.457. The highest BCUT2D eigenvalue weighted by Gasteiger charge is 2.24. The second-order valence-electron chi connectivity index (χ2n) is 6.50. The Kier molecular flexibility index (Phi) is 6.92. The molecule has 0 saturated heterocycles. The first-order chi connectivity index (χ1) is 13.2. The average molecular weight is 389 g/mol. The molecule has 5 nitrogen and oxygen atoms in total. The molecule has 1 aliphatic rings. The number of rotatable bonds is 6. The molecule has 1 aliphatic carbocycles. The van der Waals surface area contributed by atoms with E-state index in [0.717, 1.165) is 16.8 Å². The van der Waals surface area contributed by atoms with Gasteiger partial charge in [0, 0.05) is 43.2 Å². The minimum atomic E-state index is -0.335. The van der Waals surface area contributed by atoms with Crippen molar-refractivity contribution in [2.75, 3.05) is 13.3 Å². The summed E-state index contributed by atoms with van der Waals surface area (Å²) in [5.41, 5.74) is 1.01. The number of aliphatic imine (C=N–C) groups is 1. The normalized spacial score (nSPS) is 19.7. The van der Waals surface area contributed by atoms with Crippen molar-refractivity contribution < 1.29 is 9.13 Å². The molecule has 1 aromatic heterocycles. The van der Waals surface area contributed by atoms with E-state index in [1.807, 2.05) is 17.8 Å². The fraction of sp³-hybridized carbons (Fsp3) is 0.400. The van der Waals surface area contributed by atoms with Crippen LogP contribution >= 0.6 is 11.8 Å². The number of nitrogens with zero attached hydrogens (tertiary/aromatic N) is 2. The zero-order valence-corrected chi connectivity index (χ0v) is 16.4. The van der Waals surface area contributed by atoms with Crippen LogP contribution in [0.4, 0.5) is 4.39 Å². The van der Waals surface area contributed by atoms with E-state index in [4.69, 9.17) is 4.74 Å². The molecule has 7 heteroatoms. The summed E-state index contributed by atoms with van der Waals surface area (Å²) >= 11 is 1.94. The standard InChI is InChI=1S/C20H25FN4OS/c1-22-20(25-16-7-8-18(11-16)27-2)24-13-14-6-9-19(23-12-14)26-17-5-3-4-15(21)10-17/h3-6,9-10,12,16,18H,7-8,11,13H2,1-2H3,(H2,22,24,25). The third-order valence-corrected chi connectivity index (χ3v) is 5.65. The Balaban J connectivity index is 1.49. The van der Waals surface area contributed by atoms with Crippen molar-refractivity contribution >= 4 is 17.7 Å². The van der Waals surface area contributed by atoms with Crippen molar-refractivity contribution in [1.82, 2.24) is 15.6 Å². The van der Waals surface area contributed by atoms with Crippen LogP contribution in [0.15, 0.2) is 47.6 Å². The van der Waals surface area contributed by atoms with Gasteiger partial charge in [0.15, 0.2) is 5.96 Å². The highest BCUT2D eigenvalue weighted by atomic mass is 32.2. The van der Waals surface area contributed by atoms with Gasteiger partial charge < -0.3 is 15.4 Å². The number of guanidine groups is 1. The molecule has 2 unspecified atom stereocenters. The van der Waals surface area contributed by atoms with Crippen molar-refractivity contribution in [2.45, 2.75) is 37.1 Å². The number of benzene rings is 1. The zero-order valence-electron chi connectivity index (χ0n) is 15.6. The molecule has 0 radical (unpaired) electrons. The number of thioether (sulfide) groups is 1. The molecule has 2 N–H and O–H groups in total. The molecule has 1 fully saturated rings. The lowest BCUT2D eigenvalue weighted by Crippen LogP contribution is -2.42. The SMILES string of the molecule is CN=C(NCc1ccc(Oc2cccc(F)c2)nc1)NC1CCC(SC)C1. The van der Waals surface area contributed by atoms with E-state index < -0.39 is 0 Å². The molecular formula is C20H25FN4OS. The van der Waals surface area contributed by atoms with Crippen molar-refractivity contribution in [1.29, 1.82) is 0 Å². The summed E-state index contributed by atoms with van der Waals surface area (Å²) in [5.74, 6) is 1.33. The van der Waals surface area contributed by atoms with Crippen LogP contribution < -0.4 is 15.4 Å². The van der Waals surface area contributed by atoms with E-state index in [-0.39, 0.29) is 5.82 Å². The number of halogens is 1. The van der Waals surface area contributed by atoms with Gasteiger partial charge in [0.2, 0.25) is 5.88 Å². The maximum absolute atomic E-state index is 13.2. The Labute approximate surface area is 163 Å². The predicted molar refractivity (Wildman–Crippen MR) is 109 cm³/mol. The van der Waals surface area contributed by atoms with Crippen LogP contribution in [0.25, 0.3) is 0 Å². The molecule has 27 heavy (non-hydrogen) atoms. The summed E-state index contributed by atoms with van der Waals surface area (Å²) in [6.45, 7) is 0.617. The van der Waals surface area contributed by atoms with E-state index in [1.165, 1.54) is 31.4 Å². The van der Waals surface area contributed by atoms with Gasteiger partial charge in [-0.25, -0.2) is 9.37 Å². The number of nitrogens with one attached hydrogen (secondary N) is 2. The molecular weight excluding hydrogens is 363 g/mol. The van der Waals surface area contributed by atoms with E-state index in [9.17, 15) is 4.39 Å². The molecule has 1 aromatic carbocycles. The van der Waals surface area contributed by atoms with Gasteiger partial charge in [0.1, 0.15) is 11.6 Å². The number of ether oxygens (including phenoxy) is 1. The van der Waals surface area contributed by atoms with Crippen LogP contribution in [0.2, 0.25) is 0 Å².